The highest BCUT2D eigenvalue weighted by atomic mass is 16.4. The molecule has 23 heavy (non-hydrogen) atoms. The summed E-state index contributed by atoms with van der Waals surface area (Å²) in [4.78, 5) is 14.2. The van der Waals surface area contributed by atoms with Crippen LogP contribution in [0.3, 0.4) is 0 Å². The molecule has 1 saturated heterocycles. The van der Waals surface area contributed by atoms with Gasteiger partial charge in [-0.2, -0.15) is 0 Å². The molecule has 1 aromatic heterocycles. The minimum atomic E-state index is -0.600. The molecule has 0 unspecified atom stereocenters. The zero-order chi connectivity index (χ0) is 15.9. The summed E-state index contributed by atoms with van der Waals surface area (Å²) in [6, 6.07) is 10.4. The van der Waals surface area contributed by atoms with Gasteiger partial charge in [-0.15, -0.1) is 5.10 Å². The average Bonchev–Trinajstić information content (AvgIpc) is 3.33. The van der Waals surface area contributed by atoms with Gasteiger partial charge in [-0.25, -0.2) is 0 Å². The largest absolute Gasteiger partial charge is 0.408 e. The number of nitrogens with zero attached hydrogens (tertiary/aromatic N) is 3. The van der Waals surface area contributed by atoms with E-state index >= 15 is 0 Å². The van der Waals surface area contributed by atoms with Crippen molar-refractivity contribution in [1.82, 2.24) is 10.2 Å². The molecular weight excluding hydrogens is 292 g/mol. The Morgan fingerprint density at radius 1 is 1.17 bits per heavy atom. The topological polar surface area (TPSA) is 85.3 Å². The molecule has 2 aliphatic rings. The van der Waals surface area contributed by atoms with E-state index in [2.05, 4.69) is 15.1 Å². The van der Waals surface area contributed by atoms with Crippen molar-refractivity contribution in [3.05, 3.63) is 41.8 Å². The molecule has 0 atom stereocenters. The Morgan fingerprint density at radius 3 is 2.48 bits per heavy atom. The second kappa shape index (κ2) is 5.37. The molecule has 120 valence electrons. The first-order valence-corrected chi connectivity index (χ1v) is 8.13. The van der Waals surface area contributed by atoms with Crippen LogP contribution in [-0.2, 0) is 10.2 Å². The summed E-state index contributed by atoms with van der Waals surface area (Å²) in [7, 11) is 0. The highest BCUT2D eigenvalue weighted by Crippen LogP contribution is 2.41. The number of rotatable bonds is 4. The van der Waals surface area contributed by atoms with Crippen LogP contribution in [0.15, 0.2) is 34.7 Å². The summed E-state index contributed by atoms with van der Waals surface area (Å²) in [6.07, 6.45) is 3.60. The van der Waals surface area contributed by atoms with Crippen LogP contribution in [-0.4, -0.2) is 29.2 Å². The third-order valence-corrected chi connectivity index (χ3v) is 5.04. The monoisotopic (exact) mass is 312 g/mol. The van der Waals surface area contributed by atoms with Crippen LogP contribution in [0.5, 0.6) is 0 Å². The van der Waals surface area contributed by atoms with Crippen LogP contribution in [0.1, 0.15) is 43.1 Å². The van der Waals surface area contributed by atoms with Crippen LogP contribution in [0.2, 0.25) is 0 Å². The van der Waals surface area contributed by atoms with E-state index in [0.29, 0.717) is 37.9 Å². The zero-order valence-corrected chi connectivity index (χ0v) is 12.9. The van der Waals surface area contributed by atoms with E-state index in [-0.39, 0.29) is 5.91 Å². The molecule has 1 saturated carbocycles. The summed E-state index contributed by atoms with van der Waals surface area (Å²) < 4.78 is 5.77. The van der Waals surface area contributed by atoms with Gasteiger partial charge in [-0.05, 0) is 31.2 Å². The number of carbonyl (C=O) groups excluding carboxylic acids is 1. The molecule has 0 spiro atoms. The highest BCUT2D eigenvalue weighted by molar-refractivity contribution is 5.87. The van der Waals surface area contributed by atoms with Crippen molar-refractivity contribution in [1.29, 1.82) is 0 Å². The van der Waals surface area contributed by atoms with Crippen molar-refractivity contribution in [2.24, 2.45) is 5.73 Å². The first-order chi connectivity index (χ1) is 11.2. The van der Waals surface area contributed by atoms with Gasteiger partial charge in [0.2, 0.25) is 11.8 Å². The standard InChI is InChI=1S/C17H20N4O2/c18-15(22)17(13-4-2-1-3-5-13)8-10-21(11-9-17)16-20-19-14(23-16)12-6-7-12/h1-5,12H,6-11H2,(H2,18,22). The number of anilines is 1. The number of carbonyl (C=O) groups is 1. The lowest BCUT2D eigenvalue weighted by molar-refractivity contribution is -0.124. The van der Waals surface area contributed by atoms with Gasteiger partial charge in [0.1, 0.15) is 0 Å². The molecule has 1 amide bonds. The summed E-state index contributed by atoms with van der Waals surface area (Å²) in [5.74, 6) is 0.942. The third kappa shape index (κ3) is 2.48. The van der Waals surface area contributed by atoms with Gasteiger partial charge in [0.05, 0.1) is 5.41 Å². The minimum Gasteiger partial charge on any atom is -0.408 e. The molecule has 2 N–H and O–H groups in total. The summed E-state index contributed by atoms with van der Waals surface area (Å²) in [5, 5.41) is 8.29. The number of hydrogen-bond donors (Lipinski definition) is 1. The van der Waals surface area contributed by atoms with Gasteiger partial charge in [-0.3, -0.25) is 4.79 Å². The lowest BCUT2D eigenvalue weighted by Crippen LogP contribution is -2.50. The molecular formula is C17H20N4O2. The number of piperidine rings is 1. The van der Waals surface area contributed by atoms with Crippen LogP contribution in [0, 0.1) is 0 Å². The van der Waals surface area contributed by atoms with E-state index in [1.165, 1.54) is 0 Å². The average molecular weight is 312 g/mol. The third-order valence-electron chi connectivity index (χ3n) is 5.04. The van der Waals surface area contributed by atoms with E-state index < -0.39 is 5.41 Å². The predicted octanol–water partition coefficient (Wildman–Crippen LogP) is 1.97. The van der Waals surface area contributed by atoms with Crippen LogP contribution in [0.4, 0.5) is 6.01 Å². The van der Waals surface area contributed by atoms with Crippen LogP contribution < -0.4 is 10.6 Å². The molecule has 4 rings (SSSR count). The number of primary amides is 1. The Bertz CT molecular complexity index is 700. The Balaban J connectivity index is 1.53. The Kier molecular flexibility index (Phi) is 3.32. The van der Waals surface area contributed by atoms with Gasteiger partial charge >= 0.3 is 6.01 Å². The van der Waals surface area contributed by atoms with Crippen molar-refractivity contribution >= 4 is 11.9 Å². The lowest BCUT2D eigenvalue weighted by Gasteiger charge is -2.39. The second-order valence-corrected chi connectivity index (χ2v) is 6.50. The zero-order valence-electron chi connectivity index (χ0n) is 12.9. The predicted molar refractivity (Wildman–Crippen MR) is 85.0 cm³/mol. The first-order valence-electron chi connectivity index (χ1n) is 8.13. The second-order valence-electron chi connectivity index (χ2n) is 6.50. The number of amides is 1. The van der Waals surface area contributed by atoms with Crippen LogP contribution in [0.25, 0.3) is 0 Å². The number of nitrogens with two attached hydrogens (primary N) is 1. The minimum absolute atomic E-state index is 0.257. The van der Waals surface area contributed by atoms with Gasteiger partial charge < -0.3 is 15.1 Å². The molecule has 2 heterocycles. The van der Waals surface area contributed by atoms with E-state index in [0.717, 1.165) is 24.3 Å². The molecule has 6 heteroatoms. The molecule has 1 aliphatic carbocycles. The van der Waals surface area contributed by atoms with Crippen molar-refractivity contribution < 1.29 is 9.21 Å². The summed E-state index contributed by atoms with van der Waals surface area (Å²) in [6.45, 7) is 1.37. The molecule has 2 aromatic rings. The van der Waals surface area contributed by atoms with Gasteiger partial charge in [0.25, 0.3) is 0 Å². The van der Waals surface area contributed by atoms with E-state index in [1.54, 1.807) is 0 Å². The molecule has 0 bridgehead atoms. The number of hydrogen-bond acceptors (Lipinski definition) is 5. The number of aromatic nitrogens is 2. The quantitative estimate of drug-likeness (QED) is 0.933. The SMILES string of the molecule is NC(=O)C1(c2ccccc2)CCN(c2nnc(C3CC3)o2)CC1. The normalized spacial score (nSPS) is 20.4. The molecule has 2 fully saturated rings. The Hall–Kier alpha value is -2.37. The Labute approximate surface area is 134 Å². The van der Waals surface area contributed by atoms with Crippen molar-refractivity contribution in [3.63, 3.8) is 0 Å². The van der Waals surface area contributed by atoms with E-state index in [4.69, 9.17) is 10.2 Å². The van der Waals surface area contributed by atoms with Crippen molar-refractivity contribution in [3.8, 4) is 0 Å². The number of benzene rings is 1. The fourth-order valence-corrected chi connectivity index (χ4v) is 3.36. The molecule has 6 nitrogen and oxygen atoms in total. The van der Waals surface area contributed by atoms with Gasteiger partial charge in [-0.1, -0.05) is 35.4 Å². The fourth-order valence-electron chi connectivity index (χ4n) is 3.36. The van der Waals surface area contributed by atoms with Gasteiger partial charge in [0, 0.05) is 19.0 Å². The smallest absolute Gasteiger partial charge is 0.318 e. The summed E-state index contributed by atoms with van der Waals surface area (Å²) >= 11 is 0. The van der Waals surface area contributed by atoms with Crippen LogP contribution >= 0.6 is 0 Å². The van der Waals surface area contributed by atoms with E-state index in [1.807, 2.05) is 30.3 Å². The van der Waals surface area contributed by atoms with E-state index in [9.17, 15) is 4.79 Å². The van der Waals surface area contributed by atoms with Crippen molar-refractivity contribution in [2.75, 3.05) is 18.0 Å². The maximum absolute atomic E-state index is 12.2. The maximum Gasteiger partial charge on any atom is 0.318 e. The molecule has 1 aromatic carbocycles. The lowest BCUT2D eigenvalue weighted by atomic mass is 9.72. The van der Waals surface area contributed by atoms with Crippen molar-refractivity contribution in [2.45, 2.75) is 37.0 Å². The maximum atomic E-state index is 12.2. The first kappa shape index (κ1) is 14.2. The highest BCUT2D eigenvalue weighted by Gasteiger charge is 2.42. The van der Waals surface area contributed by atoms with Gasteiger partial charge in [0.15, 0.2) is 0 Å². The molecule has 0 radical (unpaired) electrons. The Morgan fingerprint density at radius 2 is 1.87 bits per heavy atom. The molecule has 1 aliphatic heterocycles. The summed E-state index contributed by atoms with van der Waals surface area (Å²) in [5.41, 5.74) is 6.16. The fraction of sp³-hybridized carbons (Fsp3) is 0.471.